The number of ether oxygens (including phenoxy) is 1. The first-order chi connectivity index (χ1) is 11.6. The van der Waals surface area contributed by atoms with E-state index in [1.165, 1.54) is 12.2 Å². The normalized spacial score (nSPS) is 23.1. The fourth-order valence-electron chi connectivity index (χ4n) is 2.68. The van der Waals surface area contributed by atoms with Crippen LogP contribution in [0.4, 0.5) is 5.69 Å². The van der Waals surface area contributed by atoms with E-state index < -0.39 is 24.2 Å². The van der Waals surface area contributed by atoms with Gasteiger partial charge in [-0.15, -0.1) is 0 Å². The van der Waals surface area contributed by atoms with Crippen LogP contribution in [0.25, 0.3) is 0 Å². The van der Waals surface area contributed by atoms with Gasteiger partial charge in [-0.05, 0) is 12.1 Å². The third-order valence-electron chi connectivity index (χ3n) is 3.88. The second kappa shape index (κ2) is 6.82. The van der Waals surface area contributed by atoms with Crippen molar-refractivity contribution < 1.29 is 24.3 Å². The Labute approximate surface area is 139 Å². The van der Waals surface area contributed by atoms with Crippen LogP contribution in [0.2, 0.25) is 0 Å². The highest BCUT2D eigenvalue weighted by atomic mass is 16.7. The van der Waals surface area contributed by atoms with Gasteiger partial charge in [0.25, 0.3) is 0 Å². The SMILES string of the molecule is COC(=O)[C@H]1ON(c2ccccc2)[C@@H](C(=O)c2ccccc2)[C@@H]1O. The minimum absolute atomic E-state index is 0.335. The lowest BCUT2D eigenvalue weighted by Gasteiger charge is -2.24. The summed E-state index contributed by atoms with van der Waals surface area (Å²) in [6, 6.07) is 16.4. The van der Waals surface area contributed by atoms with Gasteiger partial charge in [0.2, 0.25) is 6.10 Å². The highest BCUT2D eigenvalue weighted by molar-refractivity contribution is 6.03. The third kappa shape index (κ3) is 2.89. The Hall–Kier alpha value is -2.70. The molecule has 1 N–H and O–H groups in total. The highest BCUT2D eigenvalue weighted by Crippen LogP contribution is 2.31. The Bertz CT molecular complexity index is 719. The second-order valence-corrected chi connectivity index (χ2v) is 5.38. The molecule has 0 unspecified atom stereocenters. The summed E-state index contributed by atoms with van der Waals surface area (Å²) in [5.74, 6) is -1.06. The summed E-state index contributed by atoms with van der Waals surface area (Å²) in [6.07, 6.45) is -2.60. The zero-order valence-corrected chi connectivity index (χ0v) is 13.0. The van der Waals surface area contributed by atoms with Gasteiger partial charge in [0.05, 0.1) is 12.8 Å². The molecule has 2 aromatic carbocycles. The van der Waals surface area contributed by atoms with E-state index in [-0.39, 0.29) is 5.78 Å². The molecule has 6 nitrogen and oxygen atoms in total. The molecule has 1 fully saturated rings. The number of aliphatic hydroxyl groups excluding tert-OH is 1. The maximum atomic E-state index is 12.9. The molecular formula is C18H17NO5. The number of rotatable bonds is 4. The summed E-state index contributed by atoms with van der Waals surface area (Å²) >= 11 is 0. The molecule has 3 atom stereocenters. The van der Waals surface area contributed by atoms with Crippen LogP contribution in [0, 0.1) is 0 Å². The molecule has 1 saturated heterocycles. The van der Waals surface area contributed by atoms with Gasteiger partial charge in [-0.2, -0.15) is 0 Å². The largest absolute Gasteiger partial charge is 0.467 e. The van der Waals surface area contributed by atoms with Crippen molar-refractivity contribution in [2.75, 3.05) is 12.2 Å². The quantitative estimate of drug-likeness (QED) is 0.679. The Morgan fingerprint density at radius 3 is 2.21 bits per heavy atom. The van der Waals surface area contributed by atoms with Crippen LogP contribution in [0.5, 0.6) is 0 Å². The van der Waals surface area contributed by atoms with Gasteiger partial charge in [-0.3, -0.25) is 9.63 Å². The molecule has 3 rings (SSSR count). The van der Waals surface area contributed by atoms with Crippen molar-refractivity contribution in [3.8, 4) is 0 Å². The van der Waals surface area contributed by atoms with E-state index in [9.17, 15) is 14.7 Å². The lowest BCUT2D eigenvalue weighted by Crippen LogP contribution is -2.44. The van der Waals surface area contributed by atoms with Crippen LogP contribution in [-0.4, -0.2) is 42.2 Å². The van der Waals surface area contributed by atoms with Crippen molar-refractivity contribution in [2.24, 2.45) is 0 Å². The van der Waals surface area contributed by atoms with E-state index in [2.05, 4.69) is 4.74 Å². The Morgan fingerprint density at radius 2 is 1.62 bits per heavy atom. The van der Waals surface area contributed by atoms with Gasteiger partial charge >= 0.3 is 5.97 Å². The van der Waals surface area contributed by atoms with Gasteiger partial charge in [-0.1, -0.05) is 48.5 Å². The number of esters is 1. The van der Waals surface area contributed by atoms with E-state index in [0.29, 0.717) is 11.3 Å². The lowest BCUT2D eigenvalue weighted by atomic mass is 9.97. The Balaban J connectivity index is 1.98. The fourth-order valence-corrected chi connectivity index (χ4v) is 2.68. The molecule has 0 bridgehead atoms. The first-order valence-corrected chi connectivity index (χ1v) is 7.49. The van der Waals surface area contributed by atoms with Crippen molar-refractivity contribution in [3.05, 3.63) is 66.2 Å². The van der Waals surface area contributed by atoms with E-state index in [1.807, 2.05) is 6.07 Å². The molecule has 0 spiro atoms. The minimum atomic E-state index is -1.34. The maximum absolute atomic E-state index is 12.9. The molecule has 0 radical (unpaired) electrons. The monoisotopic (exact) mass is 327 g/mol. The molecule has 24 heavy (non-hydrogen) atoms. The first kappa shape index (κ1) is 16.2. The average molecular weight is 327 g/mol. The number of anilines is 1. The summed E-state index contributed by atoms with van der Waals surface area (Å²) in [4.78, 5) is 30.3. The number of hydroxylamine groups is 1. The van der Waals surface area contributed by atoms with Crippen molar-refractivity contribution >= 4 is 17.4 Å². The van der Waals surface area contributed by atoms with Crippen molar-refractivity contribution in [1.82, 2.24) is 0 Å². The number of aliphatic hydroxyl groups is 1. The van der Waals surface area contributed by atoms with Crippen LogP contribution in [0.3, 0.4) is 0 Å². The average Bonchev–Trinajstić information content (AvgIpc) is 2.99. The molecular weight excluding hydrogens is 310 g/mol. The van der Waals surface area contributed by atoms with Crippen molar-refractivity contribution in [3.63, 3.8) is 0 Å². The molecule has 1 aliphatic heterocycles. The Kier molecular flexibility index (Phi) is 4.59. The molecule has 124 valence electrons. The summed E-state index contributed by atoms with van der Waals surface area (Å²) < 4.78 is 4.66. The van der Waals surface area contributed by atoms with Crippen LogP contribution in [0.15, 0.2) is 60.7 Å². The number of benzene rings is 2. The number of hydrogen-bond donors (Lipinski definition) is 1. The first-order valence-electron chi connectivity index (χ1n) is 7.49. The zero-order valence-electron chi connectivity index (χ0n) is 13.0. The number of carbonyl (C=O) groups is 2. The van der Waals surface area contributed by atoms with Crippen molar-refractivity contribution in [2.45, 2.75) is 18.2 Å². The second-order valence-electron chi connectivity index (χ2n) is 5.38. The molecule has 1 heterocycles. The third-order valence-corrected chi connectivity index (χ3v) is 3.88. The zero-order chi connectivity index (χ0) is 17.1. The van der Waals surface area contributed by atoms with E-state index in [4.69, 9.17) is 4.84 Å². The Morgan fingerprint density at radius 1 is 1.04 bits per heavy atom. The van der Waals surface area contributed by atoms with E-state index in [1.54, 1.807) is 54.6 Å². The molecule has 1 aliphatic rings. The molecule has 0 aromatic heterocycles. The summed E-state index contributed by atoms with van der Waals surface area (Å²) in [7, 11) is 1.21. The number of nitrogens with zero attached hydrogens (tertiary/aromatic N) is 1. The van der Waals surface area contributed by atoms with Crippen molar-refractivity contribution in [1.29, 1.82) is 0 Å². The van der Waals surface area contributed by atoms with E-state index >= 15 is 0 Å². The lowest BCUT2D eigenvalue weighted by molar-refractivity contribution is -0.155. The predicted molar refractivity (Wildman–Crippen MR) is 86.4 cm³/mol. The molecule has 0 saturated carbocycles. The maximum Gasteiger partial charge on any atom is 0.340 e. The molecule has 0 aliphatic carbocycles. The number of para-hydroxylation sites is 1. The number of hydrogen-bond acceptors (Lipinski definition) is 6. The summed E-state index contributed by atoms with van der Waals surface area (Å²) in [5.41, 5.74) is 0.994. The van der Waals surface area contributed by atoms with Gasteiger partial charge in [0.1, 0.15) is 12.1 Å². The van der Waals surface area contributed by atoms with Gasteiger partial charge in [-0.25, -0.2) is 9.86 Å². The summed E-state index contributed by atoms with van der Waals surface area (Å²) in [5, 5.41) is 11.8. The standard InChI is InChI=1S/C18H17NO5/c1-23-18(22)17-16(21)14(15(20)12-8-4-2-5-9-12)19(24-17)13-10-6-3-7-11-13/h2-11,14,16-17,21H,1H3/t14-,16-,17-/m0/s1. The number of ketones is 1. The summed E-state index contributed by atoms with van der Waals surface area (Å²) in [6.45, 7) is 0. The van der Waals surface area contributed by atoms with Crippen LogP contribution >= 0.6 is 0 Å². The van der Waals surface area contributed by atoms with Gasteiger partial charge < -0.3 is 9.84 Å². The smallest absolute Gasteiger partial charge is 0.340 e. The molecule has 2 aromatic rings. The topological polar surface area (TPSA) is 76.1 Å². The number of methoxy groups -OCH3 is 1. The van der Waals surface area contributed by atoms with E-state index in [0.717, 1.165) is 0 Å². The number of Topliss-reactive ketones (excluding diaryl/α,β-unsaturated/α-hetero) is 1. The fraction of sp³-hybridized carbons (Fsp3) is 0.222. The minimum Gasteiger partial charge on any atom is -0.467 e. The number of carbonyl (C=O) groups excluding carboxylic acids is 2. The van der Waals surface area contributed by atoms with Gasteiger partial charge in [0, 0.05) is 5.56 Å². The highest BCUT2D eigenvalue weighted by Gasteiger charge is 2.50. The molecule has 6 heteroatoms. The van der Waals surface area contributed by atoms with Crippen LogP contribution in [0.1, 0.15) is 10.4 Å². The molecule has 0 amide bonds. The van der Waals surface area contributed by atoms with Gasteiger partial charge in [0.15, 0.2) is 5.78 Å². The van der Waals surface area contributed by atoms with Crippen LogP contribution in [-0.2, 0) is 14.4 Å². The van der Waals surface area contributed by atoms with Crippen LogP contribution < -0.4 is 5.06 Å². The predicted octanol–water partition coefficient (Wildman–Crippen LogP) is 1.59.